The van der Waals surface area contributed by atoms with Gasteiger partial charge in [-0.25, -0.2) is 0 Å². The lowest BCUT2D eigenvalue weighted by molar-refractivity contribution is -0.903. The number of rotatable bonds is 7. The van der Waals surface area contributed by atoms with Crippen LogP contribution in [-0.4, -0.2) is 57.7 Å². The molecule has 1 saturated heterocycles. The minimum absolute atomic E-state index is 0.343. The first-order valence-corrected chi connectivity index (χ1v) is 9.66. The third-order valence-electron chi connectivity index (χ3n) is 5.19. The lowest BCUT2D eigenvalue weighted by Crippen LogP contribution is -3.16. The highest BCUT2D eigenvalue weighted by Crippen LogP contribution is 2.20. The summed E-state index contributed by atoms with van der Waals surface area (Å²) in [7, 11) is 1.69. The average Bonchev–Trinajstić information content (AvgIpc) is 2.68. The van der Waals surface area contributed by atoms with Gasteiger partial charge in [0.05, 0.1) is 33.3 Å². The van der Waals surface area contributed by atoms with E-state index in [0.717, 1.165) is 49.8 Å². The van der Waals surface area contributed by atoms with Crippen LogP contribution in [-0.2, 0) is 0 Å². The van der Waals surface area contributed by atoms with E-state index in [1.807, 2.05) is 31.2 Å². The van der Waals surface area contributed by atoms with E-state index in [1.54, 1.807) is 7.11 Å². The number of methoxy groups -OCH3 is 1. The summed E-state index contributed by atoms with van der Waals surface area (Å²) in [6.45, 7) is 9.20. The monoisotopic (exact) mass is 371 g/mol. The molecule has 1 aliphatic rings. The number of aliphatic hydroxyl groups is 1. The van der Waals surface area contributed by atoms with E-state index in [4.69, 9.17) is 9.47 Å². The first-order valence-electron chi connectivity index (χ1n) is 9.66. The number of anilines is 1. The van der Waals surface area contributed by atoms with E-state index in [9.17, 15) is 5.11 Å². The Kier molecular flexibility index (Phi) is 6.58. The number of hydrogen-bond acceptors (Lipinski definition) is 4. The van der Waals surface area contributed by atoms with Crippen LogP contribution in [0.1, 0.15) is 11.1 Å². The first-order chi connectivity index (χ1) is 13.0. The molecular formula is C22H31N2O3+. The molecule has 5 nitrogen and oxygen atoms in total. The van der Waals surface area contributed by atoms with Gasteiger partial charge in [0.15, 0.2) is 0 Å². The number of aryl methyl sites for hydroxylation is 2. The van der Waals surface area contributed by atoms with Crippen molar-refractivity contribution >= 4 is 5.69 Å². The van der Waals surface area contributed by atoms with Crippen LogP contribution in [0.4, 0.5) is 5.69 Å². The molecule has 0 radical (unpaired) electrons. The Bertz CT molecular complexity index is 725. The second kappa shape index (κ2) is 9.11. The van der Waals surface area contributed by atoms with Gasteiger partial charge in [0, 0.05) is 5.69 Å². The number of aliphatic hydroxyl groups excluding tert-OH is 1. The molecule has 2 aromatic carbocycles. The van der Waals surface area contributed by atoms with E-state index in [-0.39, 0.29) is 0 Å². The molecule has 1 aliphatic heterocycles. The summed E-state index contributed by atoms with van der Waals surface area (Å²) in [4.78, 5) is 3.82. The van der Waals surface area contributed by atoms with Crippen LogP contribution in [0.15, 0.2) is 42.5 Å². The molecule has 146 valence electrons. The van der Waals surface area contributed by atoms with Crippen molar-refractivity contribution in [2.45, 2.75) is 20.0 Å². The quantitative estimate of drug-likeness (QED) is 0.774. The van der Waals surface area contributed by atoms with Crippen molar-refractivity contribution in [3.05, 3.63) is 53.6 Å². The Balaban J connectivity index is 1.42. The van der Waals surface area contributed by atoms with E-state index in [0.29, 0.717) is 6.61 Å². The third kappa shape index (κ3) is 5.37. The van der Waals surface area contributed by atoms with Gasteiger partial charge in [-0.1, -0.05) is 17.7 Å². The molecular weight excluding hydrogens is 340 g/mol. The molecule has 0 unspecified atom stereocenters. The van der Waals surface area contributed by atoms with Crippen LogP contribution < -0.4 is 19.3 Å². The van der Waals surface area contributed by atoms with E-state index >= 15 is 0 Å². The smallest absolute Gasteiger partial charge is 0.137 e. The van der Waals surface area contributed by atoms with Crippen molar-refractivity contribution in [2.24, 2.45) is 0 Å². The Hall–Kier alpha value is -2.24. The van der Waals surface area contributed by atoms with Crippen molar-refractivity contribution in [2.75, 3.05) is 51.3 Å². The van der Waals surface area contributed by atoms with Crippen molar-refractivity contribution in [1.29, 1.82) is 0 Å². The van der Waals surface area contributed by atoms with Gasteiger partial charge in [0.2, 0.25) is 0 Å². The SMILES string of the molecule is COc1ccc(N2CC[NH+](C[C@H](O)COc3ccc(C)cc3C)CC2)cc1. The predicted octanol–water partition coefficient (Wildman–Crippen LogP) is 1.46. The van der Waals surface area contributed by atoms with E-state index in [1.165, 1.54) is 16.2 Å². The molecule has 0 bridgehead atoms. The molecule has 1 atom stereocenters. The molecule has 0 saturated carbocycles. The summed E-state index contributed by atoms with van der Waals surface area (Å²) in [6.07, 6.45) is -0.451. The number of piperazine rings is 1. The van der Waals surface area contributed by atoms with Gasteiger partial charge in [-0.3, -0.25) is 0 Å². The second-order valence-corrected chi connectivity index (χ2v) is 7.37. The molecule has 0 aliphatic carbocycles. The van der Waals surface area contributed by atoms with E-state index in [2.05, 4.69) is 30.0 Å². The van der Waals surface area contributed by atoms with Gasteiger partial charge >= 0.3 is 0 Å². The Labute approximate surface area is 162 Å². The van der Waals surface area contributed by atoms with Crippen LogP contribution in [0.3, 0.4) is 0 Å². The summed E-state index contributed by atoms with van der Waals surface area (Å²) < 4.78 is 11.0. The molecule has 3 rings (SSSR count). The Morgan fingerprint density at radius 3 is 2.41 bits per heavy atom. The van der Waals surface area contributed by atoms with Crippen LogP contribution >= 0.6 is 0 Å². The molecule has 0 aromatic heterocycles. The minimum Gasteiger partial charge on any atom is -0.497 e. The van der Waals surface area contributed by atoms with Gasteiger partial charge in [-0.2, -0.15) is 0 Å². The molecule has 5 heteroatoms. The van der Waals surface area contributed by atoms with Crippen LogP contribution in [0.5, 0.6) is 11.5 Å². The normalized spacial score (nSPS) is 16.2. The summed E-state index contributed by atoms with van der Waals surface area (Å²) in [5, 5.41) is 10.4. The van der Waals surface area contributed by atoms with Crippen molar-refractivity contribution < 1.29 is 19.5 Å². The zero-order chi connectivity index (χ0) is 19.2. The topological polar surface area (TPSA) is 46.4 Å². The maximum absolute atomic E-state index is 10.4. The molecule has 0 amide bonds. The maximum atomic E-state index is 10.4. The first kappa shape index (κ1) is 19.5. The molecule has 0 spiro atoms. The van der Waals surface area contributed by atoms with Crippen molar-refractivity contribution in [3.63, 3.8) is 0 Å². The number of benzene rings is 2. The zero-order valence-electron chi connectivity index (χ0n) is 16.6. The van der Waals surface area contributed by atoms with Gasteiger partial charge in [-0.15, -0.1) is 0 Å². The minimum atomic E-state index is -0.451. The van der Waals surface area contributed by atoms with Gasteiger partial charge in [0.1, 0.15) is 30.8 Å². The highest BCUT2D eigenvalue weighted by atomic mass is 16.5. The molecule has 1 fully saturated rings. The van der Waals surface area contributed by atoms with Crippen LogP contribution in [0.2, 0.25) is 0 Å². The molecule has 2 aromatic rings. The van der Waals surface area contributed by atoms with Crippen LogP contribution in [0, 0.1) is 13.8 Å². The number of nitrogens with one attached hydrogen (secondary N) is 1. The lowest BCUT2D eigenvalue weighted by atomic mass is 10.1. The number of nitrogens with zero attached hydrogens (tertiary/aromatic N) is 1. The highest BCUT2D eigenvalue weighted by molar-refractivity contribution is 5.49. The molecule has 2 N–H and O–H groups in total. The summed E-state index contributed by atoms with van der Waals surface area (Å²) in [5.41, 5.74) is 3.57. The van der Waals surface area contributed by atoms with Crippen molar-refractivity contribution in [3.8, 4) is 11.5 Å². The second-order valence-electron chi connectivity index (χ2n) is 7.37. The number of quaternary nitrogens is 1. The standard InChI is InChI=1S/C22H30N2O3/c1-17-4-9-22(18(2)14-17)27-16-20(25)15-23-10-12-24(13-11-23)19-5-7-21(26-3)8-6-19/h4-9,14,20,25H,10-13,15-16H2,1-3H3/p+1/t20-/m0/s1. The van der Waals surface area contributed by atoms with Gasteiger partial charge < -0.3 is 24.4 Å². The predicted molar refractivity (Wildman–Crippen MR) is 108 cm³/mol. The fourth-order valence-electron chi connectivity index (χ4n) is 3.62. The summed E-state index contributed by atoms with van der Waals surface area (Å²) in [6, 6.07) is 14.3. The largest absolute Gasteiger partial charge is 0.497 e. The average molecular weight is 372 g/mol. The lowest BCUT2D eigenvalue weighted by Gasteiger charge is -2.34. The summed E-state index contributed by atoms with van der Waals surface area (Å²) in [5.74, 6) is 1.74. The highest BCUT2D eigenvalue weighted by Gasteiger charge is 2.23. The van der Waals surface area contributed by atoms with Crippen molar-refractivity contribution in [1.82, 2.24) is 0 Å². The van der Waals surface area contributed by atoms with Gasteiger partial charge in [0.25, 0.3) is 0 Å². The van der Waals surface area contributed by atoms with Gasteiger partial charge in [-0.05, 0) is 49.7 Å². The molecule has 1 heterocycles. The fraction of sp³-hybridized carbons (Fsp3) is 0.455. The third-order valence-corrected chi connectivity index (χ3v) is 5.19. The fourth-order valence-corrected chi connectivity index (χ4v) is 3.62. The van der Waals surface area contributed by atoms with Crippen LogP contribution in [0.25, 0.3) is 0 Å². The maximum Gasteiger partial charge on any atom is 0.137 e. The number of ether oxygens (including phenoxy) is 2. The Morgan fingerprint density at radius 1 is 1.07 bits per heavy atom. The Morgan fingerprint density at radius 2 is 1.78 bits per heavy atom. The number of hydrogen-bond donors (Lipinski definition) is 2. The zero-order valence-corrected chi connectivity index (χ0v) is 16.6. The summed E-state index contributed by atoms with van der Waals surface area (Å²) >= 11 is 0. The van der Waals surface area contributed by atoms with E-state index < -0.39 is 6.10 Å². The molecule has 27 heavy (non-hydrogen) atoms.